The van der Waals surface area contributed by atoms with Gasteiger partial charge in [-0.2, -0.15) is 5.26 Å². The second-order valence-corrected chi connectivity index (χ2v) is 8.67. The zero-order chi connectivity index (χ0) is 24.2. The number of carboxylic acid groups (broad SMARTS) is 1. The molecule has 0 bridgehead atoms. The van der Waals surface area contributed by atoms with Crippen LogP contribution in [0, 0.1) is 17.1 Å². The number of nitrogens with one attached hydrogen (secondary N) is 1. The van der Waals surface area contributed by atoms with E-state index >= 15 is 0 Å². The fraction of sp³-hybridized carbons (Fsp3) is 0.0870. The van der Waals surface area contributed by atoms with Gasteiger partial charge in [0.2, 0.25) is 10.0 Å². The normalized spacial score (nSPS) is 11.9. The maximum absolute atomic E-state index is 13.7. The van der Waals surface area contributed by atoms with Crippen LogP contribution in [0.1, 0.15) is 21.5 Å². The van der Waals surface area contributed by atoms with E-state index in [9.17, 15) is 27.5 Å². The van der Waals surface area contributed by atoms with Crippen molar-refractivity contribution in [3.05, 3.63) is 89.2 Å². The number of hydrogen-bond acceptors (Lipinski definition) is 5. The summed E-state index contributed by atoms with van der Waals surface area (Å²) < 4.78 is 37.3. The van der Waals surface area contributed by atoms with Gasteiger partial charge >= 0.3 is 5.97 Å². The summed E-state index contributed by atoms with van der Waals surface area (Å²) >= 11 is 0. The van der Waals surface area contributed by atoms with Gasteiger partial charge < -0.3 is 10.4 Å². The predicted molar refractivity (Wildman–Crippen MR) is 117 cm³/mol. The predicted octanol–water partition coefficient (Wildman–Crippen LogP) is 2.44. The molecule has 8 nitrogen and oxygen atoms in total. The number of nitriles is 1. The minimum absolute atomic E-state index is 0.0321. The van der Waals surface area contributed by atoms with Crippen LogP contribution in [0.4, 0.5) is 4.39 Å². The Bertz CT molecular complexity index is 1370. The van der Waals surface area contributed by atoms with Crippen molar-refractivity contribution in [1.82, 2.24) is 5.32 Å². The molecule has 4 N–H and O–H groups in total. The van der Waals surface area contributed by atoms with E-state index in [0.717, 1.165) is 18.2 Å². The lowest BCUT2D eigenvalue weighted by Gasteiger charge is -2.15. The Kier molecular flexibility index (Phi) is 6.86. The van der Waals surface area contributed by atoms with Crippen molar-refractivity contribution >= 4 is 21.9 Å². The molecule has 0 aliphatic carbocycles. The van der Waals surface area contributed by atoms with Crippen LogP contribution in [0.15, 0.2) is 71.6 Å². The van der Waals surface area contributed by atoms with E-state index < -0.39 is 33.8 Å². The lowest BCUT2D eigenvalue weighted by atomic mass is 10.0. The number of rotatable bonds is 7. The van der Waals surface area contributed by atoms with Gasteiger partial charge in [0.1, 0.15) is 11.9 Å². The molecule has 0 spiro atoms. The van der Waals surface area contributed by atoms with Gasteiger partial charge in [-0.25, -0.2) is 22.7 Å². The molecule has 0 heterocycles. The number of primary sulfonamides is 1. The molecule has 0 saturated carbocycles. The molecule has 0 aliphatic heterocycles. The Labute approximate surface area is 189 Å². The van der Waals surface area contributed by atoms with E-state index in [-0.39, 0.29) is 22.4 Å². The Morgan fingerprint density at radius 2 is 1.79 bits per heavy atom. The minimum atomic E-state index is -4.12. The maximum atomic E-state index is 13.7. The van der Waals surface area contributed by atoms with E-state index in [2.05, 4.69) is 5.32 Å². The number of carboxylic acids is 1. The molecule has 3 aromatic rings. The van der Waals surface area contributed by atoms with Crippen LogP contribution in [0.2, 0.25) is 0 Å². The highest BCUT2D eigenvalue weighted by Crippen LogP contribution is 2.28. The average Bonchev–Trinajstić information content (AvgIpc) is 2.78. The van der Waals surface area contributed by atoms with E-state index in [1.165, 1.54) is 24.3 Å². The topological polar surface area (TPSA) is 150 Å². The number of nitrogens with zero attached hydrogens (tertiary/aromatic N) is 1. The molecule has 168 valence electrons. The lowest BCUT2D eigenvalue weighted by molar-refractivity contribution is -0.139. The van der Waals surface area contributed by atoms with E-state index in [4.69, 9.17) is 10.4 Å². The molecule has 0 aromatic heterocycles. The van der Waals surface area contributed by atoms with Crippen LogP contribution in [-0.2, 0) is 21.2 Å². The van der Waals surface area contributed by atoms with Gasteiger partial charge in [-0.05, 0) is 53.6 Å². The number of nitrogens with two attached hydrogens (primary N) is 1. The third kappa shape index (κ3) is 5.79. The zero-order valence-electron chi connectivity index (χ0n) is 17.0. The van der Waals surface area contributed by atoms with Crippen molar-refractivity contribution in [2.75, 3.05) is 0 Å². The fourth-order valence-corrected chi connectivity index (χ4v) is 3.96. The van der Waals surface area contributed by atoms with Gasteiger partial charge in [0.25, 0.3) is 5.91 Å². The summed E-state index contributed by atoms with van der Waals surface area (Å²) in [5.74, 6) is -2.58. The van der Waals surface area contributed by atoms with Gasteiger partial charge in [-0.1, -0.05) is 24.3 Å². The number of hydrogen-bond donors (Lipinski definition) is 3. The van der Waals surface area contributed by atoms with Gasteiger partial charge in [0, 0.05) is 17.5 Å². The number of carbonyl (C=O) groups excluding carboxylic acids is 1. The molecule has 0 saturated heterocycles. The number of sulfonamides is 1. The highest BCUT2D eigenvalue weighted by Gasteiger charge is 2.22. The third-order valence-corrected chi connectivity index (χ3v) is 5.77. The molecular formula is C23H18FN3O5S. The number of carbonyl (C=O) groups is 2. The van der Waals surface area contributed by atoms with Crippen LogP contribution in [0.25, 0.3) is 11.1 Å². The number of amides is 1. The summed E-state index contributed by atoms with van der Waals surface area (Å²) in [6.45, 7) is 0. The molecule has 1 atom stereocenters. The molecule has 3 aromatic carbocycles. The van der Waals surface area contributed by atoms with Crippen LogP contribution in [0.5, 0.6) is 0 Å². The van der Waals surface area contributed by atoms with Crippen molar-refractivity contribution in [3.8, 4) is 17.2 Å². The lowest BCUT2D eigenvalue weighted by Crippen LogP contribution is -2.42. The molecule has 0 fully saturated rings. The fourth-order valence-electron chi connectivity index (χ4n) is 3.22. The molecule has 3 rings (SSSR count). The Balaban J connectivity index is 1.82. The van der Waals surface area contributed by atoms with Gasteiger partial charge in [0.05, 0.1) is 16.5 Å². The summed E-state index contributed by atoms with van der Waals surface area (Å²) in [5, 5.41) is 26.1. The van der Waals surface area contributed by atoms with E-state index in [0.29, 0.717) is 16.7 Å². The average molecular weight is 467 g/mol. The molecule has 10 heteroatoms. The Morgan fingerprint density at radius 3 is 2.39 bits per heavy atom. The first-order valence-electron chi connectivity index (χ1n) is 9.54. The Hall–Kier alpha value is -4.07. The van der Waals surface area contributed by atoms with Crippen molar-refractivity contribution in [2.45, 2.75) is 17.4 Å². The number of halogens is 1. The second-order valence-electron chi connectivity index (χ2n) is 7.14. The van der Waals surface area contributed by atoms with Crippen LogP contribution in [0.3, 0.4) is 0 Å². The quantitative estimate of drug-likeness (QED) is 0.486. The largest absolute Gasteiger partial charge is 0.480 e. The van der Waals surface area contributed by atoms with E-state index in [1.807, 2.05) is 6.07 Å². The minimum Gasteiger partial charge on any atom is -0.480 e. The van der Waals surface area contributed by atoms with E-state index in [1.54, 1.807) is 24.3 Å². The van der Waals surface area contributed by atoms with Crippen LogP contribution in [-0.4, -0.2) is 31.4 Å². The van der Waals surface area contributed by atoms with Gasteiger partial charge in [-0.3, -0.25) is 4.79 Å². The standard InChI is InChI=1S/C23H18FN3O5S/c24-18-8-9-21(33(26,31)32)19(12-18)16-4-6-17(7-5-16)22(28)27-20(23(29)30)11-14-2-1-3-15(10-14)13-25/h1-10,12,20H,11H2,(H,27,28)(H,29,30)(H2,26,31,32). The first kappa shape index (κ1) is 23.6. The summed E-state index contributed by atoms with van der Waals surface area (Å²) in [7, 11) is -4.12. The molecule has 33 heavy (non-hydrogen) atoms. The monoisotopic (exact) mass is 467 g/mol. The van der Waals surface area contributed by atoms with Crippen LogP contribution >= 0.6 is 0 Å². The smallest absolute Gasteiger partial charge is 0.326 e. The zero-order valence-corrected chi connectivity index (χ0v) is 17.8. The first-order chi connectivity index (χ1) is 15.6. The maximum Gasteiger partial charge on any atom is 0.326 e. The molecule has 0 aliphatic rings. The molecule has 1 amide bonds. The molecule has 1 unspecified atom stereocenters. The summed E-state index contributed by atoms with van der Waals surface area (Å²) in [4.78, 5) is 24.0. The third-order valence-electron chi connectivity index (χ3n) is 4.81. The van der Waals surface area contributed by atoms with Crippen molar-refractivity contribution in [3.63, 3.8) is 0 Å². The summed E-state index contributed by atoms with van der Waals surface area (Å²) in [6.07, 6.45) is -0.0321. The molecule has 0 radical (unpaired) electrons. The molecular weight excluding hydrogens is 449 g/mol. The summed E-state index contributed by atoms with van der Waals surface area (Å²) in [6, 6.07) is 15.7. The van der Waals surface area contributed by atoms with Crippen molar-refractivity contribution in [2.24, 2.45) is 5.14 Å². The Morgan fingerprint density at radius 1 is 1.09 bits per heavy atom. The second kappa shape index (κ2) is 9.60. The van der Waals surface area contributed by atoms with Crippen molar-refractivity contribution in [1.29, 1.82) is 5.26 Å². The summed E-state index contributed by atoms with van der Waals surface area (Å²) in [5.41, 5.74) is 1.39. The van der Waals surface area contributed by atoms with Crippen LogP contribution < -0.4 is 10.5 Å². The SMILES string of the molecule is N#Cc1cccc(CC(NC(=O)c2ccc(-c3cc(F)ccc3S(N)(=O)=O)cc2)C(=O)O)c1. The number of aliphatic carboxylic acids is 1. The highest BCUT2D eigenvalue weighted by molar-refractivity contribution is 7.89. The van der Waals surface area contributed by atoms with Crippen molar-refractivity contribution < 1.29 is 27.5 Å². The van der Waals surface area contributed by atoms with Gasteiger partial charge in [-0.15, -0.1) is 0 Å². The highest BCUT2D eigenvalue weighted by atomic mass is 32.2. The first-order valence-corrected chi connectivity index (χ1v) is 11.1. The number of benzene rings is 3. The van der Waals surface area contributed by atoms with Gasteiger partial charge in [0.15, 0.2) is 0 Å².